The van der Waals surface area contributed by atoms with Gasteiger partial charge in [-0.3, -0.25) is 4.72 Å². The van der Waals surface area contributed by atoms with Crippen LogP contribution < -0.4 is 4.72 Å². The highest BCUT2D eigenvalue weighted by Crippen LogP contribution is 2.30. The summed E-state index contributed by atoms with van der Waals surface area (Å²) in [5.74, 6) is -2.36. The number of rotatable bonds is 4. The molecule has 1 N–H and O–H groups in total. The summed E-state index contributed by atoms with van der Waals surface area (Å²) in [6, 6.07) is 1.74. The molecule has 0 saturated heterocycles. The zero-order chi connectivity index (χ0) is 13.9. The third-order valence-corrected chi connectivity index (χ3v) is 3.04. The number of nitrogens with one attached hydrogen (secondary N) is 1. The van der Waals surface area contributed by atoms with E-state index in [0.29, 0.717) is 0 Å². The maximum atomic E-state index is 13.5. The van der Waals surface area contributed by atoms with Crippen molar-refractivity contribution in [2.75, 3.05) is 0 Å². The van der Waals surface area contributed by atoms with Crippen LogP contribution in [0.3, 0.4) is 0 Å². The van der Waals surface area contributed by atoms with Crippen LogP contribution in [0.4, 0.5) is 17.6 Å². The molecule has 0 saturated carbocycles. The predicted molar refractivity (Wildman–Crippen MR) is 65.6 cm³/mol. The van der Waals surface area contributed by atoms with Crippen molar-refractivity contribution < 1.29 is 17.6 Å². The fourth-order valence-electron chi connectivity index (χ4n) is 1.25. The van der Waals surface area contributed by atoms with Crippen molar-refractivity contribution in [2.24, 2.45) is 0 Å². The minimum absolute atomic E-state index is 0.309. The molecule has 1 aromatic rings. The average Bonchev–Trinajstić information content (AvgIpc) is 2.22. The second kappa shape index (κ2) is 5.93. The summed E-state index contributed by atoms with van der Waals surface area (Å²) in [7, 11) is 0. The lowest BCUT2D eigenvalue weighted by molar-refractivity contribution is 0.108. The van der Waals surface area contributed by atoms with Gasteiger partial charge in [-0.2, -0.15) is 0 Å². The summed E-state index contributed by atoms with van der Waals surface area (Å²) >= 11 is 1.06. The number of halogens is 4. The summed E-state index contributed by atoms with van der Waals surface area (Å²) in [6.07, 6.45) is -2.82. The quantitative estimate of drug-likeness (QED) is 0.652. The van der Waals surface area contributed by atoms with Gasteiger partial charge in [-0.15, -0.1) is 0 Å². The molecule has 0 radical (unpaired) electrons. The maximum absolute atomic E-state index is 13.5. The van der Waals surface area contributed by atoms with Crippen LogP contribution in [0.5, 0.6) is 0 Å². The van der Waals surface area contributed by atoms with Crippen LogP contribution >= 0.6 is 11.9 Å². The Labute approximate surface area is 108 Å². The highest BCUT2D eigenvalue weighted by Gasteiger charge is 2.28. The second-order valence-electron chi connectivity index (χ2n) is 4.79. The van der Waals surface area contributed by atoms with Gasteiger partial charge < -0.3 is 0 Å². The molecule has 1 aromatic carbocycles. The second-order valence-corrected chi connectivity index (χ2v) is 6.45. The van der Waals surface area contributed by atoms with E-state index >= 15 is 0 Å². The predicted octanol–water partition coefficient (Wildman–Crippen LogP) is 4.31. The molecule has 0 fully saturated rings. The van der Waals surface area contributed by atoms with Crippen LogP contribution in [-0.4, -0.2) is 11.2 Å². The summed E-state index contributed by atoms with van der Waals surface area (Å²) < 4.78 is 54.5. The van der Waals surface area contributed by atoms with E-state index in [9.17, 15) is 17.6 Å². The van der Waals surface area contributed by atoms with Crippen LogP contribution in [0.15, 0.2) is 18.2 Å². The highest BCUT2D eigenvalue weighted by atomic mass is 32.2. The first-order valence-corrected chi connectivity index (χ1v) is 6.19. The third-order valence-electron chi connectivity index (χ3n) is 2.06. The van der Waals surface area contributed by atoms with E-state index < -0.39 is 24.1 Å². The van der Waals surface area contributed by atoms with E-state index in [1.165, 1.54) is 6.07 Å². The van der Waals surface area contributed by atoms with Gasteiger partial charge in [0, 0.05) is 10.3 Å². The Balaban J connectivity index is 2.95. The number of alkyl halides is 2. The van der Waals surface area contributed by atoms with Crippen molar-refractivity contribution in [2.45, 2.75) is 38.0 Å². The van der Waals surface area contributed by atoms with Crippen LogP contribution in [0, 0.1) is 11.6 Å². The molecule has 0 amide bonds. The first kappa shape index (κ1) is 15.3. The largest absolute Gasteiger partial charge is 0.258 e. The number of hydrogen-bond acceptors (Lipinski definition) is 2. The number of hydrogen-bond donors (Lipinski definition) is 1. The third kappa shape index (κ3) is 4.17. The average molecular weight is 281 g/mol. The van der Waals surface area contributed by atoms with E-state index in [-0.39, 0.29) is 10.3 Å². The van der Waals surface area contributed by atoms with E-state index in [2.05, 4.69) is 4.72 Å². The summed E-state index contributed by atoms with van der Waals surface area (Å²) in [5, 5.41) is 0. The van der Waals surface area contributed by atoms with Gasteiger partial charge >= 0.3 is 0 Å². The highest BCUT2D eigenvalue weighted by molar-refractivity contribution is 7.98. The zero-order valence-electron chi connectivity index (χ0n) is 10.3. The molecule has 6 heteroatoms. The molecular weight excluding hydrogens is 266 g/mol. The molecule has 1 nitrogen and oxygen atoms in total. The first-order chi connectivity index (χ1) is 8.22. The van der Waals surface area contributed by atoms with E-state index in [4.69, 9.17) is 0 Å². The van der Waals surface area contributed by atoms with Crippen LogP contribution in [-0.2, 0) is 0 Å². The molecule has 0 spiro atoms. The van der Waals surface area contributed by atoms with Gasteiger partial charge in [0.25, 0.3) is 6.43 Å². The molecule has 102 valence electrons. The fourth-order valence-corrected chi connectivity index (χ4v) is 1.96. The van der Waals surface area contributed by atoms with Gasteiger partial charge in [0.05, 0.1) is 0 Å². The van der Waals surface area contributed by atoms with Crippen molar-refractivity contribution >= 4 is 11.9 Å². The Morgan fingerprint density at radius 1 is 1.17 bits per heavy atom. The van der Waals surface area contributed by atoms with Crippen molar-refractivity contribution in [3.63, 3.8) is 0 Å². The van der Waals surface area contributed by atoms with Gasteiger partial charge in [-0.25, -0.2) is 17.6 Å². The standard InChI is InChI=1S/C12H15F4NS/c1-12(2,3)18-17-10(11(15)16)7-5-4-6-8(13)9(7)14/h4-6,10-11,17H,1-3H3. The lowest BCUT2D eigenvalue weighted by Gasteiger charge is -2.24. The molecule has 0 aliphatic rings. The Hall–Kier alpha value is -0.750. The molecule has 1 unspecified atom stereocenters. The molecule has 1 atom stereocenters. The van der Waals surface area contributed by atoms with Crippen molar-refractivity contribution in [3.05, 3.63) is 35.4 Å². The van der Waals surface area contributed by atoms with Crippen LogP contribution in [0.2, 0.25) is 0 Å². The van der Waals surface area contributed by atoms with Crippen LogP contribution in [0.1, 0.15) is 32.4 Å². The Kier molecular flexibility index (Phi) is 5.04. The summed E-state index contributed by atoms with van der Waals surface area (Å²) in [6.45, 7) is 5.49. The monoisotopic (exact) mass is 281 g/mol. The smallest absolute Gasteiger partial charge is 0.250 e. The molecule has 0 aromatic heterocycles. The lowest BCUT2D eigenvalue weighted by atomic mass is 10.1. The van der Waals surface area contributed by atoms with Crippen molar-refractivity contribution in [1.82, 2.24) is 4.72 Å². The SMILES string of the molecule is CC(C)(C)SNC(c1cccc(F)c1F)C(F)F. The molecule has 1 rings (SSSR count). The van der Waals surface area contributed by atoms with Gasteiger partial charge in [0.1, 0.15) is 6.04 Å². The van der Waals surface area contributed by atoms with Gasteiger partial charge in [0.2, 0.25) is 0 Å². The zero-order valence-corrected chi connectivity index (χ0v) is 11.1. The van der Waals surface area contributed by atoms with Gasteiger partial charge in [-0.1, -0.05) is 24.1 Å². The van der Waals surface area contributed by atoms with E-state index in [1.54, 1.807) is 0 Å². The molecule has 0 aliphatic heterocycles. The van der Waals surface area contributed by atoms with Crippen molar-refractivity contribution in [3.8, 4) is 0 Å². The Morgan fingerprint density at radius 3 is 2.28 bits per heavy atom. The molecular formula is C12H15F4NS. The van der Waals surface area contributed by atoms with E-state index in [0.717, 1.165) is 24.1 Å². The maximum Gasteiger partial charge on any atom is 0.258 e. The summed E-state index contributed by atoms with van der Waals surface area (Å²) in [4.78, 5) is 0. The minimum atomic E-state index is -2.82. The Bertz CT molecular complexity index is 404. The summed E-state index contributed by atoms with van der Waals surface area (Å²) in [5.41, 5.74) is -0.359. The molecule has 18 heavy (non-hydrogen) atoms. The van der Waals surface area contributed by atoms with Gasteiger partial charge in [0.15, 0.2) is 11.6 Å². The van der Waals surface area contributed by atoms with E-state index in [1.807, 2.05) is 20.8 Å². The molecule has 0 aliphatic carbocycles. The van der Waals surface area contributed by atoms with Crippen LogP contribution in [0.25, 0.3) is 0 Å². The number of benzene rings is 1. The fraction of sp³-hybridized carbons (Fsp3) is 0.500. The topological polar surface area (TPSA) is 12.0 Å². The van der Waals surface area contributed by atoms with Gasteiger partial charge in [-0.05, 0) is 26.8 Å². The van der Waals surface area contributed by atoms with Crippen molar-refractivity contribution in [1.29, 1.82) is 0 Å². The lowest BCUT2D eigenvalue weighted by Crippen LogP contribution is -2.27. The molecule has 0 heterocycles. The first-order valence-electron chi connectivity index (χ1n) is 5.38. The Morgan fingerprint density at radius 2 is 1.78 bits per heavy atom. The minimum Gasteiger partial charge on any atom is -0.250 e. The normalized spacial score (nSPS) is 14.0. The molecule has 0 bridgehead atoms.